The van der Waals surface area contributed by atoms with Crippen LogP contribution in [0.15, 0.2) is 28.2 Å². The first kappa shape index (κ1) is 17.8. The molecule has 0 radical (unpaired) electrons. The number of ketones is 1. The quantitative estimate of drug-likeness (QED) is 0.664. The Balaban J connectivity index is 1.95. The van der Waals surface area contributed by atoms with Crippen molar-refractivity contribution in [2.75, 3.05) is 13.7 Å². The van der Waals surface area contributed by atoms with Gasteiger partial charge in [0.1, 0.15) is 5.76 Å². The lowest BCUT2D eigenvalue weighted by Crippen LogP contribution is -2.13. The van der Waals surface area contributed by atoms with E-state index < -0.39 is 5.97 Å². The predicted octanol–water partition coefficient (Wildman–Crippen LogP) is 3.69. The molecule has 1 aromatic carbocycles. The minimum atomic E-state index is -0.558. The summed E-state index contributed by atoms with van der Waals surface area (Å²) in [6.45, 7) is 3.64. The number of aryl methyl sites for hydroxylation is 1. The molecule has 0 unspecified atom stereocenters. The zero-order valence-corrected chi connectivity index (χ0v) is 14.9. The Hall–Kier alpha value is -3.02. The molecule has 136 valence electrons. The number of benzene rings is 1. The summed E-state index contributed by atoms with van der Waals surface area (Å²) >= 11 is 0. The maximum Gasteiger partial charge on any atom is 0.374 e. The summed E-state index contributed by atoms with van der Waals surface area (Å²) < 4.78 is 15.6. The number of hydrogen-bond donors (Lipinski definition) is 1. The summed E-state index contributed by atoms with van der Waals surface area (Å²) in [6.07, 6.45) is 2.75. The molecule has 1 aliphatic rings. The highest BCUT2D eigenvalue weighted by molar-refractivity contribution is 6.14. The smallest absolute Gasteiger partial charge is 0.374 e. The van der Waals surface area contributed by atoms with E-state index in [1.54, 1.807) is 38.1 Å². The molecule has 1 aliphatic carbocycles. The van der Waals surface area contributed by atoms with Gasteiger partial charge in [-0.3, -0.25) is 4.79 Å². The van der Waals surface area contributed by atoms with Crippen LogP contribution in [0.25, 0.3) is 6.08 Å². The van der Waals surface area contributed by atoms with E-state index in [-0.39, 0.29) is 23.9 Å². The van der Waals surface area contributed by atoms with E-state index in [4.69, 9.17) is 13.9 Å². The topological polar surface area (TPSA) is 86.0 Å². The molecule has 0 saturated heterocycles. The average Bonchev–Trinajstić information content (AvgIpc) is 2.95. The van der Waals surface area contributed by atoms with Crippen LogP contribution in [-0.2, 0) is 11.2 Å². The van der Waals surface area contributed by atoms with Crippen molar-refractivity contribution in [3.05, 3.63) is 52.0 Å². The number of aromatic hydroxyl groups is 1. The number of carbonyl (C=O) groups is 2. The van der Waals surface area contributed by atoms with Crippen molar-refractivity contribution >= 4 is 17.8 Å². The first-order chi connectivity index (χ1) is 12.5. The number of Topliss-reactive ketones (excluding diaryl/α,β-unsaturated/α-hetero) is 1. The Morgan fingerprint density at radius 3 is 2.77 bits per heavy atom. The lowest BCUT2D eigenvalue weighted by Gasteiger charge is -2.13. The van der Waals surface area contributed by atoms with Crippen LogP contribution in [0.5, 0.6) is 11.5 Å². The van der Waals surface area contributed by atoms with Gasteiger partial charge in [-0.05, 0) is 44.0 Å². The lowest BCUT2D eigenvalue weighted by molar-refractivity contribution is 0.0486. The zero-order chi connectivity index (χ0) is 18.8. The summed E-state index contributed by atoms with van der Waals surface area (Å²) in [4.78, 5) is 24.9. The van der Waals surface area contributed by atoms with E-state index in [1.165, 1.54) is 7.11 Å². The molecule has 0 bridgehead atoms. The highest BCUT2D eigenvalue weighted by Crippen LogP contribution is 2.34. The van der Waals surface area contributed by atoms with Crippen molar-refractivity contribution < 1.29 is 28.6 Å². The molecule has 1 N–H and O–H groups in total. The lowest BCUT2D eigenvalue weighted by atomic mass is 9.88. The number of fused-ring (bicyclic) bond motifs is 1. The third-order valence-corrected chi connectivity index (χ3v) is 4.36. The third kappa shape index (κ3) is 3.10. The fourth-order valence-corrected chi connectivity index (χ4v) is 3.10. The summed E-state index contributed by atoms with van der Waals surface area (Å²) in [6, 6.07) is 4.95. The van der Waals surface area contributed by atoms with Gasteiger partial charge in [-0.25, -0.2) is 4.79 Å². The molecule has 6 heteroatoms. The second-order valence-electron chi connectivity index (χ2n) is 6.00. The normalized spacial score (nSPS) is 15.0. The van der Waals surface area contributed by atoms with Crippen molar-refractivity contribution in [3.63, 3.8) is 0 Å². The minimum absolute atomic E-state index is 0.00915. The van der Waals surface area contributed by atoms with Crippen molar-refractivity contribution in [3.8, 4) is 11.5 Å². The standard InChI is InChI=1S/C20H20O6/c1-4-25-20(23)19-11(2)17-16(26-19)8-6-13(18(17)22)9-12-5-7-15(24-3)14(21)10-12/h5,7,9-10,21H,4,6,8H2,1-3H3. The average molecular weight is 356 g/mol. The van der Waals surface area contributed by atoms with Gasteiger partial charge >= 0.3 is 5.97 Å². The number of ether oxygens (including phenoxy) is 2. The van der Waals surface area contributed by atoms with Gasteiger partial charge in [-0.2, -0.15) is 0 Å². The molecule has 6 nitrogen and oxygen atoms in total. The Morgan fingerprint density at radius 1 is 1.35 bits per heavy atom. The van der Waals surface area contributed by atoms with Crippen molar-refractivity contribution in [2.24, 2.45) is 0 Å². The van der Waals surface area contributed by atoms with Crippen molar-refractivity contribution in [2.45, 2.75) is 26.7 Å². The molecular weight excluding hydrogens is 336 g/mol. The predicted molar refractivity (Wildman–Crippen MR) is 94.7 cm³/mol. The van der Waals surface area contributed by atoms with Crippen LogP contribution in [0, 0.1) is 6.92 Å². The molecular formula is C20H20O6. The molecule has 3 rings (SSSR count). The maximum absolute atomic E-state index is 12.9. The van der Waals surface area contributed by atoms with Crippen LogP contribution in [0.2, 0.25) is 0 Å². The zero-order valence-electron chi connectivity index (χ0n) is 14.9. The van der Waals surface area contributed by atoms with Gasteiger partial charge in [-0.1, -0.05) is 6.07 Å². The van der Waals surface area contributed by atoms with Gasteiger partial charge in [0.2, 0.25) is 5.76 Å². The highest BCUT2D eigenvalue weighted by Gasteiger charge is 2.32. The van der Waals surface area contributed by atoms with E-state index >= 15 is 0 Å². The number of hydrogen-bond acceptors (Lipinski definition) is 6. The first-order valence-electron chi connectivity index (χ1n) is 8.37. The van der Waals surface area contributed by atoms with E-state index in [0.29, 0.717) is 46.6 Å². The van der Waals surface area contributed by atoms with Crippen molar-refractivity contribution in [1.29, 1.82) is 0 Å². The monoisotopic (exact) mass is 356 g/mol. The van der Waals surface area contributed by atoms with Crippen LogP contribution >= 0.6 is 0 Å². The van der Waals surface area contributed by atoms with Gasteiger partial charge in [-0.15, -0.1) is 0 Å². The number of furan rings is 1. The van der Waals surface area contributed by atoms with Gasteiger partial charge in [0.05, 0.1) is 19.3 Å². The molecule has 0 spiro atoms. The summed E-state index contributed by atoms with van der Waals surface area (Å²) in [5.74, 6) is 0.263. The fraction of sp³-hybridized carbons (Fsp3) is 0.300. The molecule has 0 saturated carbocycles. The first-order valence-corrected chi connectivity index (χ1v) is 8.37. The molecule has 0 atom stereocenters. The number of rotatable bonds is 4. The molecule has 1 heterocycles. The maximum atomic E-state index is 12.9. The summed E-state index contributed by atoms with van der Waals surface area (Å²) in [7, 11) is 1.47. The van der Waals surface area contributed by atoms with E-state index in [2.05, 4.69) is 0 Å². The SMILES string of the molecule is CCOC(=O)c1oc2c(c1C)C(=O)C(=Cc1ccc(OC)c(O)c1)CC2. The van der Waals surface area contributed by atoms with Gasteiger partial charge in [0.25, 0.3) is 0 Å². The van der Waals surface area contributed by atoms with Crippen LogP contribution < -0.4 is 4.74 Å². The van der Waals surface area contributed by atoms with Crippen LogP contribution in [-0.4, -0.2) is 30.6 Å². The number of esters is 1. The molecule has 0 aliphatic heterocycles. The molecule has 0 fully saturated rings. The van der Waals surface area contributed by atoms with Gasteiger partial charge in [0, 0.05) is 17.6 Å². The summed E-state index contributed by atoms with van der Waals surface area (Å²) in [5.41, 5.74) is 2.23. The van der Waals surface area contributed by atoms with Gasteiger partial charge < -0.3 is 19.0 Å². The number of allylic oxidation sites excluding steroid dienone is 1. The second-order valence-corrected chi connectivity index (χ2v) is 6.00. The van der Waals surface area contributed by atoms with Crippen LogP contribution in [0.3, 0.4) is 0 Å². The van der Waals surface area contributed by atoms with E-state index in [1.807, 2.05) is 0 Å². The minimum Gasteiger partial charge on any atom is -0.504 e. The van der Waals surface area contributed by atoms with Crippen LogP contribution in [0.1, 0.15) is 51.1 Å². The van der Waals surface area contributed by atoms with E-state index in [0.717, 1.165) is 0 Å². The largest absolute Gasteiger partial charge is 0.504 e. The Labute approximate surface area is 151 Å². The summed E-state index contributed by atoms with van der Waals surface area (Å²) in [5, 5.41) is 9.90. The fourth-order valence-electron chi connectivity index (χ4n) is 3.10. The van der Waals surface area contributed by atoms with E-state index in [9.17, 15) is 14.7 Å². The second kappa shape index (κ2) is 7.07. The Morgan fingerprint density at radius 2 is 2.12 bits per heavy atom. The molecule has 0 amide bonds. The number of phenols is 1. The van der Waals surface area contributed by atoms with Crippen molar-refractivity contribution in [1.82, 2.24) is 0 Å². The molecule has 26 heavy (non-hydrogen) atoms. The number of methoxy groups -OCH3 is 1. The third-order valence-electron chi connectivity index (χ3n) is 4.36. The highest BCUT2D eigenvalue weighted by atomic mass is 16.5. The Kier molecular flexibility index (Phi) is 4.84. The Bertz CT molecular complexity index is 903. The molecule has 1 aromatic heterocycles. The number of carbonyl (C=O) groups excluding carboxylic acids is 2. The molecule has 2 aromatic rings. The van der Waals surface area contributed by atoms with Crippen LogP contribution in [0.4, 0.5) is 0 Å². The van der Waals surface area contributed by atoms with Gasteiger partial charge in [0.15, 0.2) is 17.3 Å². The number of phenolic OH excluding ortho intramolecular Hbond substituents is 1.